The lowest BCUT2D eigenvalue weighted by molar-refractivity contribution is 1.09. The fourth-order valence-electron chi connectivity index (χ4n) is 1.84. The third kappa shape index (κ3) is 2.39. The molecule has 0 fully saturated rings. The number of benzene rings is 1. The zero-order valence-corrected chi connectivity index (χ0v) is 10.8. The van der Waals surface area contributed by atoms with E-state index >= 15 is 0 Å². The van der Waals surface area contributed by atoms with Crippen LogP contribution >= 0.6 is 11.3 Å². The molecule has 0 bridgehead atoms. The van der Waals surface area contributed by atoms with Gasteiger partial charge in [0.15, 0.2) is 0 Å². The van der Waals surface area contributed by atoms with Crippen LogP contribution in [0.2, 0.25) is 0 Å². The van der Waals surface area contributed by atoms with Gasteiger partial charge in [-0.15, -0.1) is 11.3 Å². The molecule has 3 aromatic rings. The third-order valence-electron chi connectivity index (χ3n) is 2.81. The van der Waals surface area contributed by atoms with Crippen LogP contribution in [0.5, 0.6) is 0 Å². The van der Waals surface area contributed by atoms with E-state index in [1.165, 1.54) is 0 Å². The maximum absolute atomic E-state index is 8.98. The minimum Gasteiger partial charge on any atom is -0.381 e. The van der Waals surface area contributed by atoms with Gasteiger partial charge in [0.25, 0.3) is 0 Å². The predicted molar refractivity (Wildman–Crippen MR) is 75.9 cm³/mol. The Bertz CT molecular complexity index is 757. The van der Waals surface area contributed by atoms with Crippen LogP contribution in [0.15, 0.2) is 42.0 Å². The Kier molecular flexibility index (Phi) is 3.09. The van der Waals surface area contributed by atoms with Crippen LogP contribution in [0.4, 0.5) is 5.69 Å². The fraction of sp³-hybridized carbons (Fsp3) is 0.0714. The molecule has 19 heavy (non-hydrogen) atoms. The molecule has 4 nitrogen and oxygen atoms in total. The van der Waals surface area contributed by atoms with E-state index in [-0.39, 0.29) is 0 Å². The number of nitrogens with zero attached hydrogens (tertiary/aromatic N) is 3. The number of fused-ring (bicyclic) bond motifs is 1. The molecule has 0 radical (unpaired) electrons. The smallest absolute Gasteiger partial charge is 0.145 e. The molecular weight excluding hydrogens is 256 g/mol. The Morgan fingerprint density at radius 2 is 2.21 bits per heavy atom. The molecule has 0 aliphatic heterocycles. The summed E-state index contributed by atoms with van der Waals surface area (Å²) >= 11 is 1.62. The van der Waals surface area contributed by atoms with Crippen LogP contribution in [0, 0.1) is 11.3 Å². The lowest BCUT2D eigenvalue weighted by Crippen LogP contribution is -2.02. The Morgan fingerprint density at radius 3 is 3.11 bits per heavy atom. The molecule has 1 N–H and O–H groups in total. The molecule has 0 aliphatic carbocycles. The number of nitriles is 1. The molecule has 1 aromatic carbocycles. The highest BCUT2D eigenvalue weighted by atomic mass is 32.1. The van der Waals surface area contributed by atoms with E-state index in [1.54, 1.807) is 17.5 Å². The van der Waals surface area contributed by atoms with Gasteiger partial charge in [-0.2, -0.15) is 5.26 Å². The molecule has 0 saturated carbocycles. The summed E-state index contributed by atoms with van der Waals surface area (Å²) in [5.41, 5.74) is 5.23. The number of thiazole rings is 1. The number of hydrogen-bond acceptors (Lipinski definition) is 5. The van der Waals surface area contributed by atoms with Gasteiger partial charge in [-0.1, -0.05) is 6.07 Å². The molecule has 0 amide bonds. The van der Waals surface area contributed by atoms with E-state index in [1.807, 2.05) is 29.8 Å². The maximum atomic E-state index is 8.98. The van der Waals surface area contributed by atoms with Crippen molar-refractivity contribution in [3.63, 3.8) is 0 Å². The van der Waals surface area contributed by atoms with Crippen molar-refractivity contribution in [2.24, 2.45) is 0 Å². The molecule has 2 aromatic heterocycles. The average molecular weight is 266 g/mol. The van der Waals surface area contributed by atoms with Gasteiger partial charge in [0.05, 0.1) is 15.7 Å². The summed E-state index contributed by atoms with van der Waals surface area (Å²) in [5.74, 6) is 0. The van der Waals surface area contributed by atoms with Crippen LogP contribution in [0.1, 0.15) is 11.3 Å². The normalized spacial score (nSPS) is 10.3. The predicted octanol–water partition coefficient (Wildman–Crippen LogP) is 3.18. The van der Waals surface area contributed by atoms with Crippen molar-refractivity contribution in [1.82, 2.24) is 9.97 Å². The molecular formula is C14H10N4S. The first-order chi connectivity index (χ1) is 9.36. The minimum absolute atomic E-state index is 0.467. The Balaban J connectivity index is 1.80. The first kappa shape index (κ1) is 11.6. The van der Waals surface area contributed by atoms with Crippen LogP contribution in [0.25, 0.3) is 10.2 Å². The molecule has 0 unspecified atom stereocenters. The highest BCUT2D eigenvalue weighted by Gasteiger charge is 2.03. The number of hydrogen-bond donors (Lipinski definition) is 1. The highest BCUT2D eigenvalue weighted by Crippen LogP contribution is 2.22. The summed E-state index contributed by atoms with van der Waals surface area (Å²) in [6.45, 7) is 0.584. The van der Waals surface area contributed by atoms with Gasteiger partial charge in [0, 0.05) is 24.0 Å². The Morgan fingerprint density at radius 1 is 1.26 bits per heavy atom. The first-order valence-corrected chi connectivity index (χ1v) is 6.66. The Labute approximate surface area is 114 Å². The largest absolute Gasteiger partial charge is 0.381 e. The SMILES string of the molecule is N#Cc1ncccc1CNc1ccc2ncsc2c1. The lowest BCUT2D eigenvalue weighted by atomic mass is 10.2. The van der Waals surface area contributed by atoms with Gasteiger partial charge in [-0.25, -0.2) is 9.97 Å². The van der Waals surface area contributed by atoms with Crippen molar-refractivity contribution < 1.29 is 0 Å². The number of anilines is 1. The van der Waals surface area contributed by atoms with Gasteiger partial charge in [-0.05, 0) is 24.3 Å². The van der Waals surface area contributed by atoms with Gasteiger partial charge in [0.2, 0.25) is 0 Å². The monoisotopic (exact) mass is 266 g/mol. The second-order valence-corrected chi connectivity index (χ2v) is 4.90. The summed E-state index contributed by atoms with van der Waals surface area (Å²) in [7, 11) is 0. The van der Waals surface area contributed by atoms with Gasteiger partial charge >= 0.3 is 0 Å². The van der Waals surface area contributed by atoms with Crippen molar-refractivity contribution in [3.05, 3.63) is 53.3 Å². The highest BCUT2D eigenvalue weighted by molar-refractivity contribution is 7.16. The van der Waals surface area contributed by atoms with E-state index in [0.29, 0.717) is 12.2 Å². The van der Waals surface area contributed by atoms with Crippen molar-refractivity contribution >= 4 is 27.2 Å². The standard InChI is InChI=1S/C14H10N4S/c15-7-13-10(2-1-5-16-13)8-17-11-3-4-12-14(6-11)19-9-18-12/h1-6,9,17H,8H2. The van der Waals surface area contributed by atoms with Crippen LogP contribution in [-0.2, 0) is 6.54 Å². The molecule has 0 atom stereocenters. The zero-order valence-electron chi connectivity index (χ0n) is 10.00. The van der Waals surface area contributed by atoms with Gasteiger partial charge in [-0.3, -0.25) is 0 Å². The van der Waals surface area contributed by atoms with Crippen molar-refractivity contribution in [3.8, 4) is 6.07 Å². The van der Waals surface area contributed by atoms with Crippen molar-refractivity contribution in [2.45, 2.75) is 6.54 Å². The minimum atomic E-state index is 0.467. The maximum Gasteiger partial charge on any atom is 0.145 e. The summed E-state index contributed by atoms with van der Waals surface area (Å²) < 4.78 is 1.15. The van der Waals surface area contributed by atoms with Crippen LogP contribution in [0.3, 0.4) is 0 Å². The second-order valence-electron chi connectivity index (χ2n) is 4.01. The number of rotatable bonds is 3. The number of aromatic nitrogens is 2. The van der Waals surface area contributed by atoms with E-state index in [9.17, 15) is 0 Å². The molecule has 92 valence electrons. The zero-order chi connectivity index (χ0) is 13.1. The summed E-state index contributed by atoms with van der Waals surface area (Å²) in [5, 5.41) is 12.3. The quantitative estimate of drug-likeness (QED) is 0.791. The molecule has 5 heteroatoms. The summed E-state index contributed by atoms with van der Waals surface area (Å²) in [6, 6.07) is 11.9. The van der Waals surface area contributed by atoms with Gasteiger partial charge < -0.3 is 5.32 Å². The van der Waals surface area contributed by atoms with Crippen LogP contribution < -0.4 is 5.32 Å². The van der Waals surface area contributed by atoms with Crippen LogP contribution in [-0.4, -0.2) is 9.97 Å². The van der Waals surface area contributed by atoms with Crippen molar-refractivity contribution in [2.75, 3.05) is 5.32 Å². The first-order valence-electron chi connectivity index (χ1n) is 5.78. The second kappa shape index (κ2) is 5.04. The van der Waals surface area contributed by atoms with E-state index < -0.39 is 0 Å². The lowest BCUT2D eigenvalue weighted by Gasteiger charge is -2.07. The molecule has 0 saturated heterocycles. The number of pyridine rings is 1. The van der Waals surface area contributed by atoms with E-state index in [4.69, 9.17) is 5.26 Å². The summed E-state index contributed by atoms with van der Waals surface area (Å²) in [4.78, 5) is 8.29. The topological polar surface area (TPSA) is 61.6 Å². The third-order valence-corrected chi connectivity index (χ3v) is 3.60. The fourth-order valence-corrected chi connectivity index (χ4v) is 2.56. The van der Waals surface area contributed by atoms with Crippen molar-refractivity contribution in [1.29, 1.82) is 5.26 Å². The Hall–Kier alpha value is -2.45. The molecule has 0 spiro atoms. The van der Waals surface area contributed by atoms with E-state index in [0.717, 1.165) is 21.5 Å². The number of nitrogens with one attached hydrogen (secondary N) is 1. The molecule has 0 aliphatic rings. The van der Waals surface area contributed by atoms with E-state index in [2.05, 4.69) is 27.4 Å². The van der Waals surface area contributed by atoms with Gasteiger partial charge in [0.1, 0.15) is 11.8 Å². The average Bonchev–Trinajstić information content (AvgIpc) is 2.93. The molecule has 2 heterocycles. The molecule has 3 rings (SSSR count). The summed E-state index contributed by atoms with van der Waals surface area (Å²) in [6.07, 6.45) is 1.63.